The normalized spacial score (nSPS) is 11.1. The van der Waals surface area contributed by atoms with E-state index in [9.17, 15) is 13.2 Å². The van der Waals surface area contributed by atoms with Crippen molar-refractivity contribution >= 4 is 21.7 Å². The highest BCUT2D eigenvalue weighted by atomic mass is 32.2. The van der Waals surface area contributed by atoms with Crippen molar-refractivity contribution in [2.75, 3.05) is 18.8 Å². The zero-order valence-electron chi connectivity index (χ0n) is 9.30. The Bertz CT molecular complexity index is 501. The van der Waals surface area contributed by atoms with Crippen LogP contribution in [-0.4, -0.2) is 32.4 Å². The fourth-order valence-corrected chi connectivity index (χ4v) is 2.24. The molecule has 4 N–H and O–H groups in total. The first kappa shape index (κ1) is 13.4. The van der Waals surface area contributed by atoms with Crippen molar-refractivity contribution in [1.82, 2.24) is 15.0 Å². The molecule has 8 heteroatoms. The first-order valence-corrected chi connectivity index (χ1v) is 6.36. The summed E-state index contributed by atoms with van der Waals surface area (Å²) in [7, 11) is -3.68. The van der Waals surface area contributed by atoms with Crippen molar-refractivity contribution < 1.29 is 13.2 Å². The van der Waals surface area contributed by atoms with Gasteiger partial charge in [0.1, 0.15) is 10.7 Å². The quantitative estimate of drug-likeness (QED) is 0.591. The fraction of sp³-hybridized carbons (Fsp3) is 0.333. The number of hydrogen-bond donors (Lipinski definition) is 3. The number of pyridine rings is 1. The smallest absolute Gasteiger partial charge is 0.244 e. The van der Waals surface area contributed by atoms with Crippen molar-refractivity contribution in [2.24, 2.45) is 0 Å². The van der Waals surface area contributed by atoms with Crippen LogP contribution in [0.3, 0.4) is 0 Å². The predicted octanol–water partition coefficient (Wildman–Crippen LogP) is -0.922. The van der Waals surface area contributed by atoms with Crippen molar-refractivity contribution in [2.45, 2.75) is 11.8 Å². The van der Waals surface area contributed by atoms with Gasteiger partial charge in [0, 0.05) is 26.2 Å². The third-order valence-electron chi connectivity index (χ3n) is 1.88. The number of nitrogens with two attached hydrogens (primary N) is 1. The van der Waals surface area contributed by atoms with Gasteiger partial charge < -0.3 is 11.1 Å². The summed E-state index contributed by atoms with van der Waals surface area (Å²) in [5.74, 6) is -0.274. The Kier molecular flexibility index (Phi) is 4.41. The van der Waals surface area contributed by atoms with E-state index in [0.29, 0.717) is 0 Å². The largest absolute Gasteiger partial charge is 0.383 e. The van der Waals surface area contributed by atoms with Gasteiger partial charge in [-0.3, -0.25) is 4.79 Å². The summed E-state index contributed by atoms with van der Waals surface area (Å²) < 4.78 is 25.8. The molecular formula is C9H14N4O3S. The van der Waals surface area contributed by atoms with E-state index in [2.05, 4.69) is 15.0 Å². The lowest BCUT2D eigenvalue weighted by molar-refractivity contribution is -0.118. The summed E-state index contributed by atoms with van der Waals surface area (Å²) >= 11 is 0. The highest BCUT2D eigenvalue weighted by Crippen LogP contribution is 2.13. The molecular weight excluding hydrogens is 244 g/mol. The number of hydrogen-bond acceptors (Lipinski definition) is 5. The summed E-state index contributed by atoms with van der Waals surface area (Å²) in [5.41, 5.74) is 5.46. The molecule has 1 aromatic heterocycles. The lowest BCUT2D eigenvalue weighted by Gasteiger charge is -2.08. The van der Waals surface area contributed by atoms with Gasteiger partial charge in [0.25, 0.3) is 0 Å². The maximum absolute atomic E-state index is 11.8. The summed E-state index contributed by atoms with van der Waals surface area (Å²) in [4.78, 5) is 14.2. The van der Waals surface area contributed by atoms with Crippen LogP contribution in [-0.2, 0) is 14.8 Å². The molecule has 1 aromatic rings. The van der Waals surface area contributed by atoms with E-state index in [1.165, 1.54) is 25.3 Å². The predicted molar refractivity (Wildman–Crippen MR) is 62.5 cm³/mol. The van der Waals surface area contributed by atoms with Gasteiger partial charge in [0.15, 0.2) is 0 Å². The lowest BCUT2D eigenvalue weighted by atomic mass is 10.5. The minimum Gasteiger partial charge on any atom is -0.383 e. The Morgan fingerprint density at radius 3 is 2.76 bits per heavy atom. The topological polar surface area (TPSA) is 114 Å². The Morgan fingerprint density at radius 2 is 2.18 bits per heavy atom. The summed E-state index contributed by atoms with van der Waals surface area (Å²) in [6, 6.07) is 2.85. The molecule has 0 spiro atoms. The average molecular weight is 258 g/mol. The molecule has 0 fully saturated rings. The van der Waals surface area contributed by atoms with Crippen LogP contribution in [0, 0.1) is 0 Å². The van der Waals surface area contributed by atoms with E-state index < -0.39 is 10.0 Å². The molecule has 0 bridgehead atoms. The van der Waals surface area contributed by atoms with Gasteiger partial charge in [-0.25, -0.2) is 18.1 Å². The monoisotopic (exact) mass is 258 g/mol. The fourth-order valence-electron chi connectivity index (χ4n) is 1.13. The van der Waals surface area contributed by atoms with Gasteiger partial charge in [-0.15, -0.1) is 0 Å². The number of nitrogen functional groups attached to an aromatic ring is 1. The second kappa shape index (κ2) is 5.60. The van der Waals surface area contributed by atoms with Crippen molar-refractivity contribution in [1.29, 1.82) is 0 Å². The zero-order chi connectivity index (χ0) is 12.9. The van der Waals surface area contributed by atoms with E-state index >= 15 is 0 Å². The van der Waals surface area contributed by atoms with Crippen LogP contribution in [0.25, 0.3) is 0 Å². The number of aromatic nitrogens is 1. The molecule has 0 saturated carbocycles. The third-order valence-corrected chi connectivity index (χ3v) is 3.39. The van der Waals surface area contributed by atoms with E-state index in [-0.39, 0.29) is 29.7 Å². The molecule has 0 aliphatic heterocycles. The summed E-state index contributed by atoms with van der Waals surface area (Å²) in [5, 5.41) is 2.47. The molecule has 0 aliphatic rings. The molecule has 1 amide bonds. The number of amides is 1. The maximum atomic E-state index is 11.8. The number of rotatable bonds is 5. The second-order valence-electron chi connectivity index (χ2n) is 3.27. The van der Waals surface area contributed by atoms with Crippen molar-refractivity contribution in [3.05, 3.63) is 18.3 Å². The van der Waals surface area contributed by atoms with Crippen LogP contribution < -0.4 is 15.8 Å². The molecule has 0 aromatic carbocycles. The highest BCUT2D eigenvalue weighted by molar-refractivity contribution is 7.89. The third kappa shape index (κ3) is 4.00. The molecule has 7 nitrogen and oxygen atoms in total. The van der Waals surface area contributed by atoms with Crippen LogP contribution >= 0.6 is 0 Å². The molecule has 17 heavy (non-hydrogen) atoms. The number of carbonyl (C=O) groups excluding carboxylic acids is 1. The van der Waals surface area contributed by atoms with E-state index in [1.807, 2.05) is 0 Å². The number of nitrogens with zero attached hydrogens (tertiary/aromatic N) is 1. The number of anilines is 1. The average Bonchev–Trinajstić information content (AvgIpc) is 2.24. The minimum atomic E-state index is -3.68. The lowest BCUT2D eigenvalue weighted by Crippen LogP contribution is -2.34. The number of sulfonamides is 1. The van der Waals surface area contributed by atoms with Gasteiger partial charge in [-0.1, -0.05) is 0 Å². The van der Waals surface area contributed by atoms with Gasteiger partial charge in [0.2, 0.25) is 15.9 Å². The Labute approximate surface area is 99.5 Å². The number of carbonyl (C=O) groups is 1. The van der Waals surface area contributed by atoms with Crippen molar-refractivity contribution in [3.8, 4) is 0 Å². The minimum absolute atomic E-state index is 0.0560. The standard InChI is InChI=1S/C9H14N4O3S/c1-7(14)11-5-6-13-17(15,16)8-3-2-4-12-9(8)10/h2-4,13H,5-6H2,1H3,(H2,10,12)(H,11,14). The van der Waals surface area contributed by atoms with Crippen LogP contribution in [0.4, 0.5) is 5.82 Å². The van der Waals surface area contributed by atoms with E-state index in [0.717, 1.165) is 0 Å². The Balaban J connectivity index is 2.64. The van der Waals surface area contributed by atoms with E-state index in [1.54, 1.807) is 0 Å². The first-order valence-electron chi connectivity index (χ1n) is 4.88. The molecule has 0 aliphatic carbocycles. The number of nitrogens with one attached hydrogen (secondary N) is 2. The zero-order valence-corrected chi connectivity index (χ0v) is 10.1. The molecule has 0 radical (unpaired) electrons. The molecule has 1 heterocycles. The van der Waals surface area contributed by atoms with Crippen LogP contribution in [0.1, 0.15) is 6.92 Å². The van der Waals surface area contributed by atoms with Crippen LogP contribution in [0.15, 0.2) is 23.2 Å². The summed E-state index contributed by atoms with van der Waals surface area (Å²) in [6.07, 6.45) is 1.41. The van der Waals surface area contributed by atoms with Gasteiger partial charge >= 0.3 is 0 Å². The van der Waals surface area contributed by atoms with Crippen LogP contribution in [0.5, 0.6) is 0 Å². The molecule has 1 rings (SSSR count). The van der Waals surface area contributed by atoms with Gasteiger partial charge in [-0.2, -0.15) is 0 Å². The van der Waals surface area contributed by atoms with Crippen LogP contribution in [0.2, 0.25) is 0 Å². The maximum Gasteiger partial charge on any atom is 0.244 e. The first-order chi connectivity index (χ1) is 7.93. The molecule has 0 unspecified atom stereocenters. The van der Waals surface area contributed by atoms with Gasteiger partial charge in [-0.05, 0) is 12.1 Å². The SMILES string of the molecule is CC(=O)NCCNS(=O)(=O)c1cccnc1N. The highest BCUT2D eigenvalue weighted by Gasteiger charge is 2.16. The van der Waals surface area contributed by atoms with Gasteiger partial charge in [0.05, 0.1) is 0 Å². The molecule has 94 valence electrons. The Morgan fingerprint density at radius 1 is 1.47 bits per heavy atom. The summed E-state index contributed by atoms with van der Waals surface area (Å²) in [6.45, 7) is 1.67. The second-order valence-corrected chi connectivity index (χ2v) is 5.00. The van der Waals surface area contributed by atoms with E-state index in [4.69, 9.17) is 5.73 Å². The van der Waals surface area contributed by atoms with Crippen molar-refractivity contribution in [3.63, 3.8) is 0 Å². The Hall–Kier alpha value is -1.67. The molecule has 0 saturated heterocycles. The molecule has 0 atom stereocenters.